The number of hydrogen-bond donors (Lipinski definition) is 2. The summed E-state index contributed by atoms with van der Waals surface area (Å²) in [4.78, 5) is 8.51. The first-order chi connectivity index (χ1) is 9.83. The molecule has 0 aliphatic rings. The molecule has 21 heavy (non-hydrogen) atoms. The molecule has 1 aromatic heterocycles. The van der Waals surface area contributed by atoms with Crippen molar-refractivity contribution in [2.24, 2.45) is 10.7 Å². The van der Waals surface area contributed by atoms with Crippen molar-refractivity contribution in [1.29, 1.82) is 0 Å². The van der Waals surface area contributed by atoms with Crippen LogP contribution in [0.5, 0.6) is 0 Å². The summed E-state index contributed by atoms with van der Waals surface area (Å²) < 4.78 is 5.46. The maximum Gasteiger partial charge on any atom is 0.188 e. The second-order valence-corrected chi connectivity index (χ2v) is 4.58. The number of nitrogens with zero attached hydrogens (tertiary/aromatic N) is 2. The van der Waals surface area contributed by atoms with Gasteiger partial charge in [-0.15, -0.1) is 24.0 Å². The molecule has 6 heteroatoms. The number of nitrogens with two attached hydrogens (primary N) is 1. The zero-order chi connectivity index (χ0) is 14.5. The minimum absolute atomic E-state index is 0. The van der Waals surface area contributed by atoms with Gasteiger partial charge in [0.25, 0.3) is 0 Å². The average Bonchev–Trinajstić information content (AvgIpc) is 2.47. The van der Waals surface area contributed by atoms with E-state index in [1.165, 1.54) is 6.42 Å². The van der Waals surface area contributed by atoms with Crippen molar-refractivity contribution >= 4 is 29.9 Å². The van der Waals surface area contributed by atoms with Gasteiger partial charge in [-0.1, -0.05) is 19.4 Å². The Labute approximate surface area is 144 Å². The molecule has 0 bridgehead atoms. The first-order valence-corrected chi connectivity index (χ1v) is 7.34. The van der Waals surface area contributed by atoms with Gasteiger partial charge in [0.05, 0.1) is 0 Å². The van der Waals surface area contributed by atoms with Gasteiger partial charge in [0.1, 0.15) is 0 Å². The van der Waals surface area contributed by atoms with Crippen LogP contribution in [-0.2, 0) is 11.2 Å². The van der Waals surface area contributed by atoms with Crippen LogP contribution in [0.3, 0.4) is 0 Å². The molecular formula is C15H27IN4O. The highest BCUT2D eigenvalue weighted by molar-refractivity contribution is 14.0. The van der Waals surface area contributed by atoms with Crippen molar-refractivity contribution in [3.8, 4) is 0 Å². The minimum Gasteiger partial charge on any atom is -0.381 e. The van der Waals surface area contributed by atoms with E-state index in [0.717, 1.165) is 44.7 Å². The molecule has 0 fully saturated rings. The molecule has 1 rings (SSSR count). The molecule has 0 unspecified atom stereocenters. The highest BCUT2D eigenvalue weighted by atomic mass is 127. The van der Waals surface area contributed by atoms with E-state index in [2.05, 4.69) is 22.2 Å². The summed E-state index contributed by atoms with van der Waals surface area (Å²) in [6.45, 7) is 5.21. The van der Waals surface area contributed by atoms with E-state index in [4.69, 9.17) is 10.5 Å². The predicted octanol–water partition coefficient (Wildman–Crippen LogP) is 2.35. The first kappa shape index (κ1) is 20.1. The average molecular weight is 406 g/mol. The number of pyridine rings is 1. The van der Waals surface area contributed by atoms with Crippen LogP contribution >= 0.6 is 24.0 Å². The number of aliphatic imine (C=N–C) groups is 1. The molecule has 0 radical (unpaired) electrons. The van der Waals surface area contributed by atoms with Crippen molar-refractivity contribution in [3.63, 3.8) is 0 Å². The number of hydrogen-bond acceptors (Lipinski definition) is 3. The second-order valence-electron chi connectivity index (χ2n) is 4.58. The van der Waals surface area contributed by atoms with E-state index in [9.17, 15) is 0 Å². The van der Waals surface area contributed by atoms with E-state index in [1.54, 1.807) is 6.20 Å². The van der Waals surface area contributed by atoms with Gasteiger partial charge < -0.3 is 15.8 Å². The fourth-order valence-electron chi connectivity index (χ4n) is 1.64. The summed E-state index contributed by atoms with van der Waals surface area (Å²) in [5.41, 5.74) is 6.83. The summed E-state index contributed by atoms with van der Waals surface area (Å²) in [6, 6.07) is 5.90. The molecule has 0 aliphatic heterocycles. The maximum atomic E-state index is 5.78. The zero-order valence-electron chi connectivity index (χ0n) is 12.8. The monoisotopic (exact) mass is 406 g/mol. The van der Waals surface area contributed by atoms with Gasteiger partial charge in [0.2, 0.25) is 0 Å². The summed E-state index contributed by atoms with van der Waals surface area (Å²) in [5, 5.41) is 3.09. The van der Waals surface area contributed by atoms with Crippen LogP contribution in [0, 0.1) is 0 Å². The standard InChI is InChI=1S/C15H26N4O.HI/c1-2-3-12-20-13-6-10-18-15(16)19-11-8-14-7-4-5-9-17-14;/h4-5,7,9H,2-3,6,8,10-13H2,1H3,(H3,16,18,19);1H. The molecule has 0 spiro atoms. The number of rotatable bonds is 10. The Morgan fingerprint density at radius 3 is 2.86 bits per heavy atom. The molecule has 0 saturated carbocycles. The molecular weight excluding hydrogens is 379 g/mol. The van der Waals surface area contributed by atoms with Gasteiger partial charge in [0.15, 0.2) is 5.96 Å². The van der Waals surface area contributed by atoms with Crippen LogP contribution in [0.25, 0.3) is 0 Å². The number of guanidine groups is 1. The summed E-state index contributed by atoms with van der Waals surface area (Å²) in [7, 11) is 0. The minimum atomic E-state index is 0. The number of aromatic nitrogens is 1. The Balaban J connectivity index is 0.00000400. The Kier molecular flexibility index (Phi) is 13.5. The molecule has 0 amide bonds. The molecule has 1 heterocycles. The van der Waals surface area contributed by atoms with Crippen LogP contribution in [0.2, 0.25) is 0 Å². The number of unbranched alkanes of at least 4 members (excludes halogenated alkanes) is 1. The number of ether oxygens (including phenoxy) is 1. The van der Waals surface area contributed by atoms with Crippen LogP contribution in [-0.4, -0.2) is 37.2 Å². The Morgan fingerprint density at radius 1 is 1.33 bits per heavy atom. The molecule has 0 saturated heterocycles. The van der Waals surface area contributed by atoms with Crippen LogP contribution in [0.4, 0.5) is 0 Å². The fraction of sp³-hybridized carbons (Fsp3) is 0.600. The lowest BCUT2D eigenvalue weighted by molar-refractivity contribution is 0.130. The Hall–Kier alpha value is -0.890. The molecule has 0 aromatic carbocycles. The number of halogens is 1. The van der Waals surface area contributed by atoms with Crippen LogP contribution in [0.15, 0.2) is 29.4 Å². The molecule has 5 nitrogen and oxygen atoms in total. The third-order valence-corrected chi connectivity index (χ3v) is 2.78. The van der Waals surface area contributed by atoms with Crippen molar-refractivity contribution in [2.45, 2.75) is 32.6 Å². The van der Waals surface area contributed by atoms with Gasteiger partial charge >= 0.3 is 0 Å². The molecule has 120 valence electrons. The third kappa shape index (κ3) is 11.4. The molecule has 0 atom stereocenters. The normalized spacial score (nSPS) is 11.0. The fourth-order valence-corrected chi connectivity index (χ4v) is 1.64. The first-order valence-electron chi connectivity index (χ1n) is 7.34. The number of nitrogens with one attached hydrogen (secondary N) is 1. The van der Waals surface area contributed by atoms with Crippen molar-refractivity contribution in [3.05, 3.63) is 30.1 Å². The van der Waals surface area contributed by atoms with Crippen molar-refractivity contribution < 1.29 is 4.74 Å². The van der Waals surface area contributed by atoms with Crippen molar-refractivity contribution in [1.82, 2.24) is 10.3 Å². The molecule has 0 aliphatic carbocycles. The SMILES string of the molecule is CCCCOCCCN=C(N)NCCc1ccccn1.I. The predicted molar refractivity (Wildman–Crippen MR) is 98.2 cm³/mol. The Bertz CT molecular complexity index is 373. The van der Waals surface area contributed by atoms with E-state index in [0.29, 0.717) is 12.5 Å². The topological polar surface area (TPSA) is 72.5 Å². The molecule has 1 aromatic rings. The van der Waals surface area contributed by atoms with Gasteiger partial charge in [0, 0.05) is 44.6 Å². The van der Waals surface area contributed by atoms with Crippen LogP contribution < -0.4 is 11.1 Å². The van der Waals surface area contributed by atoms with Crippen LogP contribution in [0.1, 0.15) is 31.9 Å². The van der Waals surface area contributed by atoms with Crippen molar-refractivity contribution in [2.75, 3.05) is 26.3 Å². The quantitative estimate of drug-likeness (QED) is 0.271. The second kappa shape index (κ2) is 14.1. The summed E-state index contributed by atoms with van der Waals surface area (Å²) in [5.74, 6) is 0.495. The zero-order valence-corrected chi connectivity index (χ0v) is 15.1. The third-order valence-electron chi connectivity index (χ3n) is 2.78. The van der Waals surface area contributed by atoms with E-state index in [1.807, 2.05) is 18.2 Å². The summed E-state index contributed by atoms with van der Waals surface area (Å²) in [6.07, 6.45) is 5.85. The smallest absolute Gasteiger partial charge is 0.188 e. The highest BCUT2D eigenvalue weighted by Gasteiger charge is 1.95. The van der Waals surface area contributed by atoms with Gasteiger partial charge in [-0.25, -0.2) is 0 Å². The van der Waals surface area contributed by atoms with Gasteiger partial charge in [-0.3, -0.25) is 9.98 Å². The van der Waals surface area contributed by atoms with E-state index in [-0.39, 0.29) is 24.0 Å². The Morgan fingerprint density at radius 2 is 2.14 bits per heavy atom. The van der Waals surface area contributed by atoms with Gasteiger partial charge in [-0.2, -0.15) is 0 Å². The highest BCUT2D eigenvalue weighted by Crippen LogP contribution is 1.93. The molecule has 3 N–H and O–H groups in total. The van der Waals surface area contributed by atoms with E-state index < -0.39 is 0 Å². The lowest BCUT2D eigenvalue weighted by atomic mass is 10.3. The largest absolute Gasteiger partial charge is 0.381 e. The summed E-state index contributed by atoms with van der Waals surface area (Å²) >= 11 is 0. The van der Waals surface area contributed by atoms with Gasteiger partial charge in [-0.05, 0) is 25.0 Å². The maximum absolute atomic E-state index is 5.78. The lowest BCUT2D eigenvalue weighted by Crippen LogP contribution is -2.33. The van der Waals surface area contributed by atoms with E-state index >= 15 is 0 Å². The lowest BCUT2D eigenvalue weighted by Gasteiger charge is -2.05.